The molecule has 0 unspecified atom stereocenters. The SMILES string of the molecule is CC(C)CN1CCN(Cc2ccnc(C(=N)N)c2)CC1. The van der Waals surface area contributed by atoms with Crippen LogP contribution >= 0.6 is 0 Å². The van der Waals surface area contributed by atoms with Gasteiger partial charge in [0.15, 0.2) is 0 Å². The van der Waals surface area contributed by atoms with E-state index in [0.29, 0.717) is 5.69 Å². The molecular weight excluding hydrogens is 250 g/mol. The molecule has 3 N–H and O–H groups in total. The summed E-state index contributed by atoms with van der Waals surface area (Å²) in [5, 5.41) is 7.44. The van der Waals surface area contributed by atoms with Crippen LogP contribution in [0.1, 0.15) is 25.1 Å². The second-order valence-electron chi connectivity index (χ2n) is 5.93. The lowest BCUT2D eigenvalue weighted by Crippen LogP contribution is -2.46. The summed E-state index contributed by atoms with van der Waals surface area (Å²) in [6.07, 6.45) is 1.74. The molecule has 20 heavy (non-hydrogen) atoms. The van der Waals surface area contributed by atoms with Gasteiger partial charge in [0, 0.05) is 45.5 Å². The topological polar surface area (TPSA) is 69.2 Å². The molecule has 110 valence electrons. The summed E-state index contributed by atoms with van der Waals surface area (Å²) in [7, 11) is 0. The fourth-order valence-corrected chi connectivity index (χ4v) is 2.62. The molecule has 1 aliphatic heterocycles. The van der Waals surface area contributed by atoms with E-state index in [0.717, 1.165) is 38.6 Å². The minimum absolute atomic E-state index is 0.0357. The van der Waals surface area contributed by atoms with Gasteiger partial charge >= 0.3 is 0 Å². The van der Waals surface area contributed by atoms with Crippen molar-refractivity contribution in [3.05, 3.63) is 29.6 Å². The van der Waals surface area contributed by atoms with Gasteiger partial charge in [0.25, 0.3) is 0 Å². The Morgan fingerprint density at radius 2 is 1.95 bits per heavy atom. The van der Waals surface area contributed by atoms with Crippen molar-refractivity contribution in [2.75, 3.05) is 32.7 Å². The van der Waals surface area contributed by atoms with Crippen LogP contribution in [0.15, 0.2) is 18.3 Å². The molecule has 1 aromatic rings. The van der Waals surface area contributed by atoms with Crippen LogP contribution in [-0.2, 0) is 6.54 Å². The van der Waals surface area contributed by atoms with E-state index >= 15 is 0 Å². The molecule has 5 nitrogen and oxygen atoms in total. The van der Waals surface area contributed by atoms with Gasteiger partial charge < -0.3 is 10.6 Å². The van der Waals surface area contributed by atoms with Crippen LogP contribution in [0.5, 0.6) is 0 Å². The van der Waals surface area contributed by atoms with E-state index in [2.05, 4.69) is 28.6 Å². The number of nitrogen functional groups attached to an aromatic ring is 1. The number of aromatic nitrogens is 1. The maximum absolute atomic E-state index is 7.44. The third kappa shape index (κ3) is 4.28. The molecule has 0 radical (unpaired) electrons. The van der Waals surface area contributed by atoms with Gasteiger partial charge in [0.05, 0.1) is 0 Å². The fourth-order valence-electron chi connectivity index (χ4n) is 2.62. The number of amidine groups is 1. The molecule has 1 aliphatic rings. The van der Waals surface area contributed by atoms with E-state index in [-0.39, 0.29) is 5.84 Å². The zero-order valence-electron chi connectivity index (χ0n) is 12.5. The summed E-state index contributed by atoms with van der Waals surface area (Å²) < 4.78 is 0. The maximum Gasteiger partial charge on any atom is 0.141 e. The molecule has 0 atom stereocenters. The minimum Gasteiger partial charge on any atom is -0.382 e. The number of nitrogens with two attached hydrogens (primary N) is 1. The van der Waals surface area contributed by atoms with Gasteiger partial charge in [0.1, 0.15) is 11.5 Å². The Morgan fingerprint density at radius 1 is 1.30 bits per heavy atom. The standard InChI is InChI=1S/C15H25N5/c1-12(2)10-19-5-7-20(8-6-19)11-13-3-4-18-14(9-13)15(16)17/h3-4,9,12H,5-8,10-11H2,1-2H3,(H3,16,17). The van der Waals surface area contributed by atoms with Crippen molar-refractivity contribution >= 4 is 5.84 Å². The highest BCUT2D eigenvalue weighted by Gasteiger charge is 2.17. The van der Waals surface area contributed by atoms with Crippen molar-refractivity contribution in [3.8, 4) is 0 Å². The van der Waals surface area contributed by atoms with E-state index in [1.165, 1.54) is 12.1 Å². The van der Waals surface area contributed by atoms with Crippen molar-refractivity contribution in [3.63, 3.8) is 0 Å². The second-order valence-corrected chi connectivity index (χ2v) is 5.93. The Bertz CT molecular complexity index is 449. The van der Waals surface area contributed by atoms with Crippen LogP contribution in [0.3, 0.4) is 0 Å². The smallest absolute Gasteiger partial charge is 0.141 e. The first-order valence-corrected chi connectivity index (χ1v) is 7.28. The van der Waals surface area contributed by atoms with Crippen molar-refractivity contribution in [2.45, 2.75) is 20.4 Å². The Labute approximate surface area is 121 Å². The quantitative estimate of drug-likeness (QED) is 0.624. The van der Waals surface area contributed by atoms with E-state index < -0.39 is 0 Å². The lowest BCUT2D eigenvalue weighted by molar-refractivity contribution is 0.117. The lowest BCUT2D eigenvalue weighted by Gasteiger charge is -2.35. The number of nitrogens with one attached hydrogen (secondary N) is 1. The van der Waals surface area contributed by atoms with Crippen molar-refractivity contribution in [2.24, 2.45) is 11.7 Å². The average molecular weight is 275 g/mol. The Hall–Kier alpha value is -1.46. The summed E-state index contributed by atoms with van der Waals surface area (Å²) >= 11 is 0. The van der Waals surface area contributed by atoms with Crippen LogP contribution < -0.4 is 5.73 Å². The first-order chi connectivity index (χ1) is 9.54. The molecule has 1 aromatic heterocycles. The third-order valence-corrected chi connectivity index (χ3v) is 3.59. The largest absolute Gasteiger partial charge is 0.382 e. The maximum atomic E-state index is 7.44. The molecule has 0 spiro atoms. The molecule has 2 rings (SSSR count). The summed E-state index contributed by atoms with van der Waals surface area (Å²) in [5.74, 6) is 0.772. The molecule has 1 fully saturated rings. The number of rotatable bonds is 5. The van der Waals surface area contributed by atoms with E-state index in [1.807, 2.05) is 12.1 Å². The number of pyridine rings is 1. The molecule has 5 heteroatoms. The van der Waals surface area contributed by atoms with E-state index in [4.69, 9.17) is 11.1 Å². The predicted molar refractivity (Wildman–Crippen MR) is 81.8 cm³/mol. The van der Waals surface area contributed by atoms with Gasteiger partial charge in [-0.25, -0.2) is 0 Å². The Kier molecular flexibility index (Phi) is 5.09. The highest BCUT2D eigenvalue weighted by molar-refractivity contribution is 5.93. The lowest BCUT2D eigenvalue weighted by atomic mass is 10.1. The van der Waals surface area contributed by atoms with Crippen LogP contribution in [-0.4, -0.2) is 53.3 Å². The van der Waals surface area contributed by atoms with Crippen molar-refractivity contribution in [1.82, 2.24) is 14.8 Å². The zero-order valence-corrected chi connectivity index (χ0v) is 12.5. The summed E-state index contributed by atoms with van der Waals surface area (Å²) in [6, 6.07) is 3.93. The monoisotopic (exact) mass is 275 g/mol. The molecule has 2 heterocycles. The normalized spacial score (nSPS) is 17.6. The Balaban J connectivity index is 1.86. The molecule has 0 aliphatic carbocycles. The van der Waals surface area contributed by atoms with Crippen molar-refractivity contribution in [1.29, 1.82) is 5.41 Å². The predicted octanol–water partition coefficient (Wildman–Crippen LogP) is 1.14. The van der Waals surface area contributed by atoms with Crippen molar-refractivity contribution < 1.29 is 0 Å². The molecular formula is C15H25N5. The zero-order chi connectivity index (χ0) is 14.5. The first-order valence-electron chi connectivity index (χ1n) is 7.28. The molecule has 0 amide bonds. The van der Waals surface area contributed by atoms with Gasteiger partial charge in [-0.2, -0.15) is 0 Å². The van der Waals surface area contributed by atoms with Crippen LogP contribution in [0.4, 0.5) is 0 Å². The number of piperazine rings is 1. The summed E-state index contributed by atoms with van der Waals surface area (Å²) in [6.45, 7) is 11.1. The highest BCUT2D eigenvalue weighted by Crippen LogP contribution is 2.10. The first kappa shape index (κ1) is 14.9. The van der Waals surface area contributed by atoms with Crippen LogP contribution in [0.2, 0.25) is 0 Å². The number of hydrogen-bond acceptors (Lipinski definition) is 4. The highest BCUT2D eigenvalue weighted by atomic mass is 15.3. The molecule has 0 bridgehead atoms. The molecule has 0 saturated carbocycles. The molecule has 1 saturated heterocycles. The Morgan fingerprint density at radius 3 is 2.55 bits per heavy atom. The number of nitrogens with zero attached hydrogens (tertiary/aromatic N) is 3. The van der Waals surface area contributed by atoms with Gasteiger partial charge in [-0.1, -0.05) is 13.8 Å². The summed E-state index contributed by atoms with van der Waals surface area (Å²) in [5.41, 5.74) is 7.23. The fraction of sp³-hybridized carbons (Fsp3) is 0.600. The summed E-state index contributed by atoms with van der Waals surface area (Å²) in [4.78, 5) is 9.09. The van der Waals surface area contributed by atoms with Gasteiger partial charge in [-0.3, -0.25) is 15.3 Å². The van der Waals surface area contributed by atoms with Gasteiger partial charge in [-0.05, 0) is 23.6 Å². The third-order valence-electron chi connectivity index (χ3n) is 3.59. The van der Waals surface area contributed by atoms with Gasteiger partial charge in [-0.15, -0.1) is 0 Å². The van der Waals surface area contributed by atoms with Crippen LogP contribution in [0, 0.1) is 11.3 Å². The molecule has 0 aromatic carbocycles. The van der Waals surface area contributed by atoms with Gasteiger partial charge in [0.2, 0.25) is 0 Å². The minimum atomic E-state index is 0.0357. The van der Waals surface area contributed by atoms with E-state index in [9.17, 15) is 0 Å². The average Bonchev–Trinajstić information content (AvgIpc) is 2.41. The van der Waals surface area contributed by atoms with Crippen LogP contribution in [0.25, 0.3) is 0 Å². The van der Waals surface area contributed by atoms with E-state index in [1.54, 1.807) is 6.20 Å². The second kappa shape index (κ2) is 6.81. The number of hydrogen-bond donors (Lipinski definition) is 2.